The SMILES string of the molecule is Cc1cc(C)c(O)c(-c2nc3c(-c4cc(-c5cc([Si](C)(C)C)ccn5)cc(C(C)C)c4)cc([Si](C)(C)C)cc3o2)c1. The molecule has 0 aliphatic heterocycles. The fourth-order valence-corrected chi connectivity index (χ4v) is 7.55. The molecule has 0 saturated carbocycles. The van der Waals surface area contributed by atoms with Crippen molar-refractivity contribution in [2.24, 2.45) is 0 Å². The number of benzene rings is 3. The molecule has 5 aromatic rings. The van der Waals surface area contributed by atoms with Crippen LogP contribution in [-0.4, -0.2) is 31.2 Å². The molecule has 4 nitrogen and oxygen atoms in total. The van der Waals surface area contributed by atoms with Crippen LogP contribution in [0.25, 0.3) is 44.9 Å². The van der Waals surface area contributed by atoms with Gasteiger partial charge in [0.2, 0.25) is 5.89 Å². The third-order valence-electron chi connectivity index (χ3n) is 7.89. The van der Waals surface area contributed by atoms with Crippen LogP contribution in [0.4, 0.5) is 0 Å². The van der Waals surface area contributed by atoms with Gasteiger partial charge in [0.25, 0.3) is 0 Å². The first-order valence-electron chi connectivity index (χ1n) is 14.5. The highest BCUT2D eigenvalue weighted by Crippen LogP contribution is 2.38. The first-order valence-corrected chi connectivity index (χ1v) is 21.5. The molecule has 212 valence electrons. The molecule has 3 aromatic carbocycles. The molecule has 0 atom stereocenters. The smallest absolute Gasteiger partial charge is 0.231 e. The molecule has 2 heterocycles. The van der Waals surface area contributed by atoms with Crippen LogP contribution >= 0.6 is 0 Å². The average Bonchev–Trinajstić information content (AvgIpc) is 3.33. The van der Waals surface area contributed by atoms with Gasteiger partial charge in [-0.25, -0.2) is 4.98 Å². The van der Waals surface area contributed by atoms with E-state index < -0.39 is 16.1 Å². The Morgan fingerprint density at radius 3 is 2.10 bits per heavy atom. The van der Waals surface area contributed by atoms with Gasteiger partial charge in [-0.05, 0) is 78.4 Å². The number of fused-ring (bicyclic) bond motifs is 1. The third kappa shape index (κ3) is 5.81. The van der Waals surface area contributed by atoms with Crippen molar-refractivity contribution >= 4 is 37.6 Å². The van der Waals surface area contributed by atoms with Gasteiger partial charge >= 0.3 is 0 Å². The highest BCUT2D eigenvalue weighted by Gasteiger charge is 2.24. The van der Waals surface area contributed by atoms with E-state index in [1.807, 2.05) is 32.2 Å². The molecule has 0 fully saturated rings. The normalized spacial score (nSPS) is 12.5. The molecular formula is C35H42N2O2Si2. The molecule has 0 unspecified atom stereocenters. The minimum atomic E-state index is -1.70. The van der Waals surface area contributed by atoms with Crippen molar-refractivity contribution in [3.8, 4) is 39.6 Å². The first kappa shape index (κ1) is 29.0. The van der Waals surface area contributed by atoms with Gasteiger partial charge in [-0.1, -0.05) is 81.7 Å². The summed E-state index contributed by atoms with van der Waals surface area (Å²) in [6.07, 6.45) is 1.95. The van der Waals surface area contributed by atoms with Crippen LogP contribution in [0.1, 0.15) is 36.5 Å². The molecule has 6 heteroatoms. The van der Waals surface area contributed by atoms with Crippen LogP contribution in [0.5, 0.6) is 5.75 Å². The predicted octanol–water partition coefficient (Wildman–Crippen LogP) is 8.76. The number of phenolic OH excluding ortho intramolecular Hbond substituents is 1. The Kier molecular flexibility index (Phi) is 7.37. The van der Waals surface area contributed by atoms with Crippen LogP contribution in [0, 0.1) is 13.8 Å². The van der Waals surface area contributed by atoms with Gasteiger partial charge in [0.05, 0.1) is 27.4 Å². The summed E-state index contributed by atoms with van der Waals surface area (Å²) in [6.45, 7) is 22.6. The number of hydrogen-bond donors (Lipinski definition) is 1. The van der Waals surface area contributed by atoms with Crippen LogP contribution in [-0.2, 0) is 0 Å². The molecule has 0 aliphatic rings. The maximum atomic E-state index is 10.9. The number of aryl methyl sites for hydroxylation is 2. The Morgan fingerprint density at radius 2 is 1.44 bits per heavy atom. The lowest BCUT2D eigenvalue weighted by Crippen LogP contribution is -2.37. The van der Waals surface area contributed by atoms with Crippen molar-refractivity contribution in [2.75, 3.05) is 0 Å². The minimum Gasteiger partial charge on any atom is -0.507 e. The van der Waals surface area contributed by atoms with Gasteiger partial charge in [-0.3, -0.25) is 4.98 Å². The summed E-state index contributed by atoms with van der Waals surface area (Å²) in [5.74, 6) is 1.01. The Hall–Kier alpha value is -3.49. The van der Waals surface area contributed by atoms with E-state index in [0.717, 1.165) is 44.6 Å². The van der Waals surface area contributed by atoms with E-state index in [0.29, 0.717) is 17.4 Å². The Labute approximate surface area is 246 Å². The lowest BCUT2D eigenvalue weighted by atomic mass is 9.93. The summed E-state index contributed by atoms with van der Waals surface area (Å²) in [6, 6.07) is 19.7. The summed E-state index contributed by atoms with van der Waals surface area (Å²) in [5.41, 5.74) is 9.63. The third-order valence-corrected chi connectivity index (χ3v) is 12.0. The number of phenols is 1. The number of aromatic hydroxyl groups is 1. The number of rotatable bonds is 6. The molecule has 0 spiro atoms. The zero-order valence-corrected chi connectivity index (χ0v) is 28.1. The van der Waals surface area contributed by atoms with Crippen LogP contribution < -0.4 is 10.4 Å². The van der Waals surface area contributed by atoms with Crippen molar-refractivity contribution in [1.82, 2.24) is 9.97 Å². The second-order valence-corrected chi connectivity index (χ2v) is 24.0. The van der Waals surface area contributed by atoms with Gasteiger partial charge in [0.1, 0.15) is 11.3 Å². The fraction of sp³-hybridized carbons (Fsp3) is 0.314. The van der Waals surface area contributed by atoms with Gasteiger partial charge in [-0.2, -0.15) is 0 Å². The molecular weight excluding hydrogens is 537 g/mol. The van der Waals surface area contributed by atoms with E-state index in [-0.39, 0.29) is 5.75 Å². The number of aromatic nitrogens is 2. The molecule has 5 rings (SSSR count). The maximum absolute atomic E-state index is 10.9. The molecule has 41 heavy (non-hydrogen) atoms. The molecule has 1 N–H and O–H groups in total. The van der Waals surface area contributed by atoms with Crippen LogP contribution in [0.2, 0.25) is 39.3 Å². The standard InChI is InChI=1S/C35H42N2O2Si2/c1-21(2)24-15-25(17-26(16-24)31-19-27(11-12-36-31)40(5,6)7)29-18-28(41(8,9)10)20-32-33(29)37-35(39-32)30-14-22(3)13-23(4)34(30)38/h11-21,38H,1-10H3. The highest BCUT2D eigenvalue weighted by molar-refractivity contribution is 6.89. The van der Waals surface area contributed by atoms with E-state index in [9.17, 15) is 5.11 Å². The second kappa shape index (κ2) is 10.4. The van der Waals surface area contributed by atoms with Gasteiger partial charge in [0, 0.05) is 17.3 Å². The van der Waals surface area contributed by atoms with Gasteiger partial charge in [0.15, 0.2) is 5.58 Å². The lowest BCUT2D eigenvalue weighted by molar-refractivity contribution is 0.470. The summed E-state index contributed by atoms with van der Waals surface area (Å²) in [4.78, 5) is 9.84. The Balaban J connectivity index is 1.79. The monoisotopic (exact) mass is 578 g/mol. The van der Waals surface area contributed by atoms with Crippen molar-refractivity contribution in [1.29, 1.82) is 0 Å². The van der Waals surface area contributed by atoms with Crippen molar-refractivity contribution in [3.63, 3.8) is 0 Å². The van der Waals surface area contributed by atoms with E-state index in [1.165, 1.54) is 15.9 Å². The van der Waals surface area contributed by atoms with E-state index in [1.54, 1.807) is 0 Å². The van der Waals surface area contributed by atoms with Gasteiger partial charge in [-0.15, -0.1) is 0 Å². The minimum absolute atomic E-state index is 0.214. The zero-order chi connectivity index (χ0) is 29.9. The van der Waals surface area contributed by atoms with Crippen molar-refractivity contribution < 1.29 is 9.52 Å². The quantitative estimate of drug-likeness (QED) is 0.205. The van der Waals surface area contributed by atoms with E-state index in [4.69, 9.17) is 14.4 Å². The van der Waals surface area contributed by atoms with Crippen molar-refractivity contribution in [2.45, 2.75) is 72.9 Å². The maximum Gasteiger partial charge on any atom is 0.231 e. The van der Waals surface area contributed by atoms with E-state index >= 15 is 0 Å². The molecule has 0 aliphatic carbocycles. The van der Waals surface area contributed by atoms with Gasteiger partial charge < -0.3 is 9.52 Å². The predicted molar refractivity (Wildman–Crippen MR) is 179 cm³/mol. The Morgan fingerprint density at radius 1 is 0.756 bits per heavy atom. The molecule has 0 amide bonds. The fourth-order valence-electron chi connectivity index (χ4n) is 5.26. The van der Waals surface area contributed by atoms with Crippen LogP contribution in [0.3, 0.4) is 0 Å². The van der Waals surface area contributed by atoms with E-state index in [2.05, 4.69) is 95.6 Å². The second-order valence-electron chi connectivity index (χ2n) is 13.8. The number of nitrogens with zero attached hydrogens (tertiary/aromatic N) is 2. The highest BCUT2D eigenvalue weighted by atomic mass is 28.3. The zero-order valence-electron chi connectivity index (χ0n) is 26.1. The summed E-state index contributed by atoms with van der Waals surface area (Å²) in [5, 5.41) is 13.6. The summed E-state index contributed by atoms with van der Waals surface area (Å²) < 4.78 is 6.43. The number of pyridine rings is 1. The number of oxazole rings is 1. The molecule has 0 radical (unpaired) electrons. The molecule has 2 aromatic heterocycles. The average molecular weight is 579 g/mol. The van der Waals surface area contributed by atoms with Crippen LogP contribution in [0.15, 0.2) is 65.2 Å². The molecule has 0 saturated heterocycles. The largest absolute Gasteiger partial charge is 0.507 e. The molecule has 0 bridgehead atoms. The summed E-state index contributed by atoms with van der Waals surface area (Å²) >= 11 is 0. The number of hydrogen-bond acceptors (Lipinski definition) is 4. The topological polar surface area (TPSA) is 59.2 Å². The van der Waals surface area contributed by atoms with Crippen molar-refractivity contribution in [3.05, 3.63) is 77.5 Å². The lowest BCUT2D eigenvalue weighted by Gasteiger charge is -2.19. The first-order chi connectivity index (χ1) is 19.1. The Bertz CT molecular complexity index is 1770. The summed E-state index contributed by atoms with van der Waals surface area (Å²) in [7, 11) is -3.20.